The fourth-order valence-electron chi connectivity index (χ4n) is 2.00. The van der Waals surface area contributed by atoms with Crippen molar-refractivity contribution in [1.82, 2.24) is 4.90 Å². The normalized spacial score (nSPS) is 11.1. The number of rotatable bonds is 6. The number of carbonyl (C=O) groups is 1. The Morgan fingerprint density at radius 3 is 2.21 bits per heavy atom. The van der Waals surface area contributed by atoms with Crippen molar-refractivity contribution >= 4 is 15.7 Å². The van der Waals surface area contributed by atoms with Gasteiger partial charge >= 0.3 is 0 Å². The quantitative estimate of drug-likeness (QED) is 0.802. The number of hydrogen-bond donors (Lipinski definition) is 0. The smallest absolute Gasteiger partial charge is 0.253 e. The molecule has 0 bridgehead atoms. The summed E-state index contributed by atoms with van der Waals surface area (Å²) in [7, 11) is -1.66. The lowest BCUT2D eigenvalue weighted by atomic mass is 10.2. The second-order valence-corrected chi connectivity index (χ2v) is 7.34. The maximum Gasteiger partial charge on any atom is 0.253 e. The van der Waals surface area contributed by atoms with E-state index in [0.29, 0.717) is 17.9 Å². The zero-order valence-electron chi connectivity index (χ0n) is 13.4. The van der Waals surface area contributed by atoms with Crippen LogP contribution in [-0.4, -0.2) is 45.7 Å². The Morgan fingerprint density at radius 2 is 1.67 bits per heavy atom. The van der Waals surface area contributed by atoms with Crippen molar-refractivity contribution < 1.29 is 22.3 Å². The summed E-state index contributed by atoms with van der Waals surface area (Å²) in [6.45, 7) is 0.597. The number of benzene rings is 2. The van der Waals surface area contributed by atoms with Crippen LogP contribution in [0, 0.1) is 5.82 Å². The second kappa shape index (κ2) is 7.44. The molecule has 1 amide bonds. The molecule has 0 heterocycles. The number of likely N-dealkylation sites (N-methyl/N-ethyl adjacent to an activating group) is 1. The molecule has 2 rings (SSSR count). The first-order valence-corrected chi connectivity index (χ1v) is 9.10. The maximum atomic E-state index is 12.8. The van der Waals surface area contributed by atoms with Gasteiger partial charge in [0.2, 0.25) is 0 Å². The van der Waals surface area contributed by atoms with E-state index in [1.807, 2.05) is 0 Å². The van der Waals surface area contributed by atoms with Crippen molar-refractivity contribution in [3.05, 3.63) is 59.9 Å². The lowest BCUT2D eigenvalue weighted by Crippen LogP contribution is -2.30. The van der Waals surface area contributed by atoms with Gasteiger partial charge in [-0.25, -0.2) is 12.8 Å². The summed E-state index contributed by atoms with van der Waals surface area (Å²) in [5.41, 5.74) is 0.395. The molecule has 128 valence electrons. The van der Waals surface area contributed by atoms with Gasteiger partial charge < -0.3 is 9.64 Å². The highest BCUT2D eigenvalue weighted by Crippen LogP contribution is 2.13. The molecule has 5 nitrogen and oxygen atoms in total. The third-order valence-corrected chi connectivity index (χ3v) is 4.51. The Balaban J connectivity index is 1.90. The molecule has 0 aromatic heterocycles. The molecule has 24 heavy (non-hydrogen) atoms. The minimum atomic E-state index is -3.29. The van der Waals surface area contributed by atoms with Crippen LogP contribution in [-0.2, 0) is 9.84 Å². The summed E-state index contributed by atoms with van der Waals surface area (Å²) in [6, 6.07) is 11.4. The van der Waals surface area contributed by atoms with Crippen LogP contribution in [0.3, 0.4) is 0 Å². The first-order valence-electron chi connectivity index (χ1n) is 7.21. The molecule has 0 saturated carbocycles. The molecule has 0 aliphatic heterocycles. The summed E-state index contributed by atoms with van der Waals surface area (Å²) in [5.74, 6) is -0.0558. The number of ether oxygens (including phenoxy) is 1. The molecule has 0 fully saturated rings. The highest BCUT2D eigenvalue weighted by Gasteiger charge is 2.13. The van der Waals surface area contributed by atoms with Gasteiger partial charge in [0.05, 0.1) is 11.4 Å². The molecular weight excluding hydrogens is 333 g/mol. The molecule has 0 radical (unpaired) electrons. The minimum absolute atomic E-state index is 0.168. The van der Waals surface area contributed by atoms with Crippen molar-refractivity contribution in [2.45, 2.75) is 4.90 Å². The highest BCUT2D eigenvalue weighted by atomic mass is 32.2. The van der Waals surface area contributed by atoms with E-state index in [4.69, 9.17) is 4.74 Å². The summed E-state index contributed by atoms with van der Waals surface area (Å²) in [5, 5.41) is 0. The number of sulfone groups is 1. The number of amides is 1. The van der Waals surface area contributed by atoms with Gasteiger partial charge in [-0.15, -0.1) is 0 Å². The molecule has 0 aliphatic rings. The van der Waals surface area contributed by atoms with E-state index in [1.54, 1.807) is 7.05 Å². The van der Waals surface area contributed by atoms with Crippen LogP contribution < -0.4 is 4.74 Å². The molecule has 0 spiro atoms. The van der Waals surface area contributed by atoms with Gasteiger partial charge in [-0.2, -0.15) is 0 Å². The molecule has 2 aromatic carbocycles. The second-order valence-electron chi connectivity index (χ2n) is 5.33. The Morgan fingerprint density at radius 1 is 1.08 bits per heavy atom. The Kier molecular flexibility index (Phi) is 5.56. The predicted octanol–water partition coefficient (Wildman–Crippen LogP) is 2.38. The topological polar surface area (TPSA) is 63.7 Å². The standard InChI is InChI=1S/C17H18FNO4S/c1-19(11-12-23-15-7-5-14(18)6-8-15)17(20)13-3-9-16(10-4-13)24(2,21)22/h3-10H,11-12H2,1-2H3. The molecule has 0 N–H and O–H groups in total. The van der Waals surface area contributed by atoms with Crippen LogP contribution >= 0.6 is 0 Å². The summed E-state index contributed by atoms with van der Waals surface area (Å²) >= 11 is 0. The Bertz CT molecular complexity index is 801. The average molecular weight is 351 g/mol. The van der Waals surface area contributed by atoms with Crippen LogP contribution in [0.2, 0.25) is 0 Å². The average Bonchev–Trinajstić information content (AvgIpc) is 2.55. The molecule has 7 heteroatoms. The van der Waals surface area contributed by atoms with Crippen LogP contribution in [0.1, 0.15) is 10.4 Å². The van der Waals surface area contributed by atoms with E-state index in [2.05, 4.69) is 0 Å². The van der Waals surface area contributed by atoms with Crippen molar-refractivity contribution in [1.29, 1.82) is 0 Å². The van der Waals surface area contributed by atoms with Gasteiger partial charge in [0.25, 0.3) is 5.91 Å². The van der Waals surface area contributed by atoms with E-state index in [0.717, 1.165) is 6.26 Å². The first-order chi connectivity index (χ1) is 11.3. The number of carbonyl (C=O) groups excluding carboxylic acids is 1. The van der Waals surface area contributed by atoms with Crippen molar-refractivity contribution in [2.75, 3.05) is 26.5 Å². The number of nitrogens with zero attached hydrogens (tertiary/aromatic N) is 1. The SMILES string of the molecule is CN(CCOc1ccc(F)cc1)C(=O)c1ccc(S(C)(=O)=O)cc1. The minimum Gasteiger partial charge on any atom is -0.492 e. The molecular formula is C17H18FNO4S. The monoisotopic (exact) mass is 351 g/mol. The summed E-state index contributed by atoms with van der Waals surface area (Å²) in [4.78, 5) is 13.9. The lowest BCUT2D eigenvalue weighted by Gasteiger charge is -2.17. The van der Waals surface area contributed by atoms with Crippen LogP contribution in [0.5, 0.6) is 5.75 Å². The molecule has 0 aliphatic carbocycles. The van der Waals surface area contributed by atoms with Crippen LogP contribution in [0.15, 0.2) is 53.4 Å². The van der Waals surface area contributed by atoms with E-state index >= 15 is 0 Å². The summed E-state index contributed by atoms with van der Waals surface area (Å²) in [6.07, 6.45) is 1.11. The van der Waals surface area contributed by atoms with Crippen molar-refractivity contribution in [3.63, 3.8) is 0 Å². The van der Waals surface area contributed by atoms with Gasteiger partial charge in [0.1, 0.15) is 18.2 Å². The maximum absolute atomic E-state index is 12.8. The summed E-state index contributed by atoms with van der Waals surface area (Å²) < 4.78 is 41.0. The van der Waals surface area contributed by atoms with Crippen molar-refractivity contribution in [2.24, 2.45) is 0 Å². The molecule has 2 aromatic rings. The number of hydrogen-bond acceptors (Lipinski definition) is 4. The van der Waals surface area contributed by atoms with E-state index in [-0.39, 0.29) is 23.2 Å². The fourth-order valence-corrected chi connectivity index (χ4v) is 2.63. The van der Waals surface area contributed by atoms with E-state index in [9.17, 15) is 17.6 Å². The van der Waals surface area contributed by atoms with Crippen LogP contribution in [0.25, 0.3) is 0 Å². The van der Waals surface area contributed by atoms with Crippen molar-refractivity contribution in [3.8, 4) is 5.75 Å². The molecule has 0 saturated heterocycles. The zero-order valence-corrected chi connectivity index (χ0v) is 14.2. The first kappa shape index (κ1) is 17.9. The Hall–Kier alpha value is -2.41. The van der Waals surface area contributed by atoms with Crippen LogP contribution in [0.4, 0.5) is 4.39 Å². The molecule has 0 atom stereocenters. The Labute approximate surface area is 140 Å². The third kappa shape index (κ3) is 4.79. The highest BCUT2D eigenvalue weighted by molar-refractivity contribution is 7.90. The largest absolute Gasteiger partial charge is 0.492 e. The van der Waals surface area contributed by atoms with Gasteiger partial charge in [-0.3, -0.25) is 4.79 Å². The zero-order chi connectivity index (χ0) is 17.7. The lowest BCUT2D eigenvalue weighted by molar-refractivity contribution is 0.0773. The van der Waals surface area contributed by atoms with Gasteiger partial charge in [0.15, 0.2) is 9.84 Å². The van der Waals surface area contributed by atoms with Gasteiger partial charge in [-0.05, 0) is 48.5 Å². The van der Waals surface area contributed by atoms with E-state index in [1.165, 1.54) is 53.4 Å². The fraction of sp³-hybridized carbons (Fsp3) is 0.235. The predicted molar refractivity (Wildman–Crippen MR) is 88.4 cm³/mol. The van der Waals surface area contributed by atoms with Gasteiger partial charge in [-0.1, -0.05) is 0 Å². The number of halogens is 1. The van der Waals surface area contributed by atoms with E-state index < -0.39 is 9.84 Å². The molecule has 0 unspecified atom stereocenters. The third-order valence-electron chi connectivity index (χ3n) is 3.39. The van der Waals surface area contributed by atoms with Gasteiger partial charge in [0, 0.05) is 18.9 Å².